The number of benzene rings is 2. The van der Waals surface area contributed by atoms with Crippen LogP contribution in [0.1, 0.15) is 23.2 Å². The molecule has 1 aliphatic heterocycles. The van der Waals surface area contributed by atoms with Gasteiger partial charge in [-0.1, -0.05) is 0 Å². The number of sulfone groups is 1. The highest BCUT2D eigenvalue weighted by Gasteiger charge is 2.24. The second-order valence-electron chi connectivity index (χ2n) is 7.20. The molecule has 3 amide bonds. The van der Waals surface area contributed by atoms with E-state index in [0.717, 1.165) is 17.3 Å². The molecule has 1 fully saturated rings. The van der Waals surface area contributed by atoms with Crippen molar-refractivity contribution in [2.45, 2.75) is 17.7 Å². The Hall–Kier alpha value is -4.00. The molecule has 2 aromatic rings. The molecule has 33 heavy (non-hydrogen) atoms. The van der Waals surface area contributed by atoms with Gasteiger partial charge in [-0.3, -0.25) is 29.9 Å². The van der Waals surface area contributed by atoms with E-state index in [2.05, 4.69) is 16.1 Å². The predicted octanol–water partition coefficient (Wildman–Crippen LogP) is 0.998. The molecule has 1 aliphatic rings. The molecule has 3 N–H and O–H groups in total. The van der Waals surface area contributed by atoms with Crippen molar-refractivity contribution in [2.75, 3.05) is 29.7 Å². The van der Waals surface area contributed by atoms with Crippen molar-refractivity contribution < 1.29 is 27.7 Å². The number of carbonyl (C=O) groups excluding carboxylic acids is 3. The fourth-order valence-corrected chi connectivity index (χ4v) is 3.70. The number of amides is 3. The van der Waals surface area contributed by atoms with Crippen molar-refractivity contribution in [3.05, 3.63) is 58.1 Å². The maximum atomic E-state index is 12.3. The highest BCUT2D eigenvalue weighted by Crippen LogP contribution is 2.27. The van der Waals surface area contributed by atoms with Gasteiger partial charge < -0.3 is 10.6 Å². The standard InChI is InChI=1S/C20H21N5O7S/c1-33(31,32)15-6-7-16(17(12-15)25(29)30)21-10-11-22-20(28)13-2-4-14(5-3-13)24-19(27)9-8-18(26)23-24/h2-7,12,21H,8-11H2,1H3,(H,22,28)(H,23,26). The fraction of sp³-hybridized carbons (Fsp3) is 0.250. The molecule has 3 rings (SSSR count). The summed E-state index contributed by atoms with van der Waals surface area (Å²) in [6.45, 7) is 0.281. The number of nitrogens with zero attached hydrogens (tertiary/aromatic N) is 2. The lowest BCUT2D eigenvalue weighted by atomic mass is 10.1. The molecule has 0 atom stereocenters. The lowest BCUT2D eigenvalue weighted by Crippen LogP contribution is -2.50. The zero-order valence-electron chi connectivity index (χ0n) is 17.5. The van der Waals surface area contributed by atoms with Crippen molar-refractivity contribution in [1.82, 2.24) is 10.7 Å². The predicted molar refractivity (Wildman–Crippen MR) is 118 cm³/mol. The average molecular weight is 475 g/mol. The van der Waals surface area contributed by atoms with Crippen LogP contribution in [0.4, 0.5) is 17.1 Å². The Kier molecular flexibility index (Phi) is 6.92. The molecule has 0 unspecified atom stereocenters. The molecule has 1 saturated heterocycles. The monoisotopic (exact) mass is 475 g/mol. The van der Waals surface area contributed by atoms with E-state index in [1.54, 1.807) is 0 Å². The number of carbonyl (C=O) groups is 3. The van der Waals surface area contributed by atoms with Gasteiger partial charge in [0.15, 0.2) is 9.84 Å². The third kappa shape index (κ3) is 5.83. The summed E-state index contributed by atoms with van der Waals surface area (Å²) in [7, 11) is -3.59. The van der Waals surface area contributed by atoms with Crippen molar-refractivity contribution in [3.8, 4) is 0 Å². The normalized spacial score (nSPS) is 13.9. The fourth-order valence-electron chi connectivity index (χ4n) is 3.06. The molecule has 0 aliphatic carbocycles. The first-order valence-corrected chi connectivity index (χ1v) is 11.7. The van der Waals surface area contributed by atoms with Gasteiger partial charge >= 0.3 is 0 Å². The maximum Gasteiger partial charge on any atom is 0.293 e. The summed E-state index contributed by atoms with van der Waals surface area (Å²) in [6.07, 6.45) is 1.20. The Labute approximate surface area is 189 Å². The van der Waals surface area contributed by atoms with Gasteiger partial charge in [0.2, 0.25) is 11.8 Å². The summed E-state index contributed by atoms with van der Waals surface area (Å²) < 4.78 is 23.2. The minimum Gasteiger partial charge on any atom is -0.378 e. The Morgan fingerprint density at radius 3 is 2.45 bits per heavy atom. The van der Waals surface area contributed by atoms with Crippen molar-refractivity contribution in [1.29, 1.82) is 0 Å². The largest absolute Gasteiger partial charge is 0.378 e. The van der Waals surface area contributed by atoms with E-state index < -0.39 is 20.7 Å². The number of anilines is 2. The van der Waals surface area contributed by atoms with Gasteiger partial charge in [-0.2, -0.15) is 0 Å². The number of hydrazine groups is 1. The Morgan fingerprint density at radius 2 is 1.82 bits per heavy atom. The van der Waals surface area contributed by atoms with E-state index in [9.17, 15) is 32.9 Å². The highest BCUT2D eigenvalue weighted by molar-refractivity contribution is 7.90. The summed E-state index contributed by atoms with van der Waals surface area (Å²) in [6, 6.07) is 9.61. The van der Waals surface area contributed by atoms with Crippen LogP contribution in [0.15, 0.2) is 47.4 Å². The van der Waals surface area contributed by atoms with Gasteiger partial charge in [0.1, 0.15) is 5.69 Å². The number of hydrogen-bond acceptors (Lipinski definition) is 8. The number of rotatable bonds is 8. The highest BCUT2D eigenvalue weighted by atomic mass is 32.2. The number of hydrogen-bond donors (Lipinski definition) is 3. The van der Waals surface area contributed by atoms with E-state index in [-0.39, 0.29) is 54.0 Å². The minimum atomic E-state index is -3.59. The van der Waals surface area contributed by atoms with Gasteiger partial charge in [0.05, 0.1) is 15.5 Å². The number of nitro groups is 1. The first kappa shape index (κ1) is 23.7. The van der Waals surface area contributed by atoms with Crippen LogP contribution in [-0.4, -0.2) is 50.4 Å². The van der Waals surface area contributed by atoms with Crippen LogP contribution in [0.5, 0.6) is 0 Å². The zero-order valence-corrected chi connectivity index (χ0v) is 18.3. The summed E-state index contributed by atoms with van der Waals surface area (Å²) >= 11 is 0. The average Bonchev–Trinajstić information content (AvgIpc) is 2.77. The molecule has 12 nitrogen and oxygen atoms in total. The third-order valence-corrected chi connectivity index (χ3v) is 5.87. The van der Waals surface area contributed by atoms with Crippen LogP contribution in [0, 0.1) is 10.1 Å². The molecule has 174 valence electrons. The van der Waals surface area contributed by atoms with Gasteiger partial charge in [-0.25, -0.2) is 13.4 Å². The Morgan fingerprint density at radius 1 is 1.12 bits per heavy atom. The molecule has 0 bridgehead atoms. The summed E-state index contributed by atoms with van der Waals surface area (Å²) in [4.78, 5) is 46.2. The molecular weight excluding hydrogens is 454 g/mol. The molecule has 0 spiro atoms. The molecule has 0 radical (unpaired) electrons. The second-order valence-corrected chi connectivity index (χ2v) is 9.22. The van der Waals surface area contributed by atoms with E-state index in [1.165, 1.54) is 36.4 Å². The first-order chi connectivity index (χ1) is 15.6. The summed E-state index contributed by atoms with van der Waals surface area (Å²) in [5.74, 6) is -0.925. The van der Waals surface area contributed by atoms with Crippen LogP contribution in [0.2, 0.25) is 0 Å². The van der Waals surface area contributed by atoms with Crippen LogP contribution in [0.3, 0.4) is 0 Å². The van der Waals surface area contributed by atoms with E-state index in [1.807, 2.05) is 0 Å². The molecule has 0 saturated carbocycles. The third-order valence-electron chi connectivity index (χ3n) is 4.76. The maximum absolute atomic E-state index is 12.3. The molecule has 2 aromatic carbocycles. The van der Waals surface area contributed by atoms with Crippen LogP contribution in [0.25, 0.3) is 0 Å². The first-order valence-electron chi connectivity index (χ1n) is 9.79. The molecule has 1 heterocycles. The summed E-state index contributed by atoms with van der Waals surface area (Å²) in [5, 5.41) is 17.9. The van der Waals surface area contributed by atoms with Crippen molar-refractivity contribution in [3.63, 3.8) is 0 Å². The minimum absolute atomic E-state index is 0.107. The molecule has 13 heteroatoms. The topological polar surface area (TPSA) is 168 Å². The van der Waals surface area contributed by atoms with E-state index in [4.69, 9.17) is 0 Å². The van der Waals surface area contributed by atoms with Gasteiger partial charge in [0.25, 0.3) is 11.6 Å². The van der Waals surface area contributed by atoms with E-state index in [0.29, 0.717) is 11.3 Å². The zero-order chi connectivity index (χ0) is 24.2. The quantitative estimate of drug-likeness (QED) is 0.289. The SMILES string of the molecule is CS(=O)(=O)c1ccc(NCCNC(=O)c2ccc(N3NC(=O)CCC3=O)cc2)c([N+](=O)[O-])c1. The molecular formula is C20H21N5O7S. The Balaban J connectivity index is 1.56. The number of nitrogens with one attached hydrogen (secondary N) is 3. The smallest absolute Gasteiger partial charge is 0.293 e. The lowest BCUT2D eigenvalue weighted by molar-refractivity contribution is -0.384. The lowest BCUT2D eigenvalue weighted by Gasteiger charge is -2.27. The number of nitro benzene ring substituents is 1. The second kappa shape index (κ2) is 9.65. The van der Waals surface area contributed by atoms with E-state index >= 15 is 0 Å². The molecule has 0 aromatic heterocycles. The Bertz CT molecular complexity index is 1210. The van der Waals surface area contributed by atoms with Crippen molar-refractivity contribution >= 4 is 44.6 Å². The van der Waals surface area contributed by atoms with Crippen LogP contribution in [-0.2, 0) is 19.4 Å². The van der Waals surface area contributed by atoms with Gasteiger partial charge in [-0.05, 0) is 36.4 Å². The van der Waals surface area contributed by atoms with Crippen LogP contribution < -0.4 is 21.1 Å². The van der Waals surface area contributed by atoms with Crippen LogP contribution >= 0.6 is 0 Å². The van der Waals surface area contributed by atoms with Gasteiger partial charge in [0, 0.05) is 43.8 Å². The van der Waals surface area contributed by atoms with Gasteiger partial charge in [-0.15, -0.1) is 0 Å². The summed E-state index contributed by atoms with van der Waals surface area (Å²) in [5.41, 5.74) is 2.95. The van der Waals surface area contributed by atoms with Crippen molar-refractivity contribution in [2.24, 2.45) is 0 Å².